The van der Waals surface area contributed by atoms with Crippen molar-refractivity contribution < 1.29 is 9.84 Å². The topological polar surface area (TPSA) is 63.4 Å². The van der Waals surface area contributed by atoms with Gasteiger partial charge in [0.2, 0.25) is 0 Å². The lowest BCUT2D eigenvalue weighted by molar-refractivity contribution is 0.170. The molecule has 1 aromatic heterocycles. The third kappa shape index (κ3) is 3.16. The van der Waals surface area contributed by atoms with Crippen LogP contribution in [0.25, 0.3) is 0 Å². The van der Waals surface area contributed by atoms with Crippen LogP contribution in [-0.4, -0.2) is 44.5 Å². The summed E-state index contributed by atoms with van der Waals surface area (Å²) in [5, 5.41) is 19.1. The van der Waals surface area contributed by atoms with E-state index in [1.54, 1.807) is 7.11 Å². The third-order valence-electron chi connectivity index (χ3n) is 5.67. The Morgan fingerprint density at radius 3 is 2.84 bits per heavy atom. The second-order valence-corrected chi connectivity index (χ2v) is 7.27. The molecule has 0 radical (unpaired) electrons. The van der Waals surface area contributed by atoms with Gasteiger partial charge in [-0.25, -0.2) is 0 Å². The Morgan fingerprint density at radius 2 is 2.12 bits per heavy atom. The van der Waals surface area contributed by atoms with Crippen molar-refractivity contribution in [2.24, 2.45) is 7.05 Å². The van der Waals surface area contributed by atoms with Crippen LogP contribution in [0.2, 0.25) is 0 Å². The maximum atomic E-state index is 10.2. The second kappa shape index (κ2) is 6.77. The fraction of sp³-hybridized carbons (Fsp3) is 0.579. The summed E-state index contributed by atoms with van der Waals surface area (Å²) in [5.74, 6) is 3.51. The molecule has 0 amide bonds. The van der Waals surface area contributed by atoms with E-state index in [2.05, 4.69) is 38.8 Å². The summed E-state index contributed by atoms with van der Waals surface area (Å²) in [6.07, 6.45) is 4.17. The first kappa shape index (κ1) is 16.5. The largest absolute Gasteiger partial charge is 0.497 e. The predicted octanol–water partition coefficient (Wildman–Crippen LogP) is 2.40. The molecule has 0 bridgehead atoms. The minimum absolute atomic E-state index is 0.175. The Hall–Kier alpha value is -1.92. The molecule has 2 aliphatic rings. The number of nitrogens with zero attached hydrogens (tertiary/aromatic N) is 4. The van der Waals surface area contributed by atoms with Gasteiger partial charge in [0.1, 0.15) is 17.4 Å². The molecule has 0 spiro atoms. The molecule has 1 saturated heterocycles. The first-order chi connectivity index (χ1) is 12.2. The Balaban J connectivity index is 1.55. The van der Waals surface area contributed by atoms with Gasteiger partial charge in [0.15, 0.2) is 0 Å². The van der Waals surface area contributed by atoms with Crippen molar-refractivity contribution in [2.75, 3.05) is 13.7 Å². The van der Waals surface area contributed by atoms with Crippen molar-refractivity contribution in [2.45, 2.75) is 50.3 Å². The van der Waals surface area contributed by atoms with Crippen LogP contribution >= 0.6 is 0 Å². The van der Waals surface area contributed by atoms with Gasteiger partial charge in [0, 0.05) is 25.6 Å². The first-order valence-electron chi connectivity index (χ1n) is 9.10. The molecule has 1 saturated carbocycles. The third-order valence-corrected chi connectivity index (χ3v) is 5.67. The Bertz CT molecular complexity index is 741. The molecule has 6 heteroatoms. The molecule has 2 heterocycles. The van der Waals surface area contributed by atoms with Gasteiger partial charge in [-0.3, -0.25) is 4.90 Å². The van der Waals surface area contributed by atoms with E-state index in [1.165, 1.54) is 24.8 Å². The van der Waals surface area contributed by atoms with E-state index in [9.17, 15) is 5.11 Å². The Kier molecular flexibility index (Phi) is 4.48. The van der Waals surface area contributed by atoms with Crippen molar-refractivity contribution >= 4 is 0 Å². The van der Waals surface area contributed by atoms with Crippen LogP contribution in [0.3, 0.4) is 0 Å². The number of ether oxygens (including phenoxy) is 1. The minimum atomic E-state index is -0.310. The van der Waals surface area contributed by atoms with E-state index in [0.717, 1.165) is 23.8 Å². The van der Waals surface area contributed by atoms with E-state index >= 15 is 0 Å². The summed E-state index contributed by atoms with van der Waals surface area (Å²) in [7, 11) is 3.75. The van der Waals surface area contributed by atoms with Crippen molar-refractivity contribution in [3.8, 4) is 5.75 Å². The van der Waals surface area contributed by atoms with Crippen molar-refractivity contribution in [3.63, 3.8) is 0 Å². The maximum Gasteiger partial charge on any atom is 0.146 e. The zero-order valence-corrected chi connectivity index (χ0v) is 14.9. The highest BCUT2D eigenvalue weighted by molar-refractivity contribution is 5.31. The highest BCUT2D eigenvalue weighted by atomic mass is 16.5. The van der Waals surface area contributed by atoms with Crippen LogP contribution in [0, 0.1) is 0 Å². The van der Waals surface area contributed by atoms with Crippen LogP contribution in [0.5, 0.6) is 5.75 Å². The average molecular weight is 342 g/mol. The van der Waals surface area contributed by atoms with Crippen LogP contribution in [0.15, 0.2) is 24.3 Å². The smallest absolute Gasteiger partial charge is 0.146 e. The molecule has 1 aromatic carbocycles. The van der Waals surface area contributed by atoms with Crippen LogP contribution in [0.1, 0.15) is 54.9 Å². The number of aromatic nitrogens is 3. The zero-order valence-electron chi connectivity index (χ0n) is 14.9. The number of aliphatic hydroxyl groups is 1. The number of hydrogen-bond donors (Lipinski definition) is 1. The van der Waals surface area contributed by atoms with Gasteiger partial charge in [-0.15, -0.1) is 10.2 Å². The van der Waals surface area contributed by atoms with Gasteiger partial charge in [-0.05, 0) is 37.0 Å². The summed E-state index contributed by atoms with van der Waals surface area (Å²) in [4.78, 5) is 2.30. The second-order valence-electron chi connectivity index (χ2n) is 7.27. The van der Waals surface area contributed by atoms with Crippen molar-refractivity contribution in [3.05, 3.63) is 41.5 Å². The lowest BCUT2D eigenvalue weighted by atomic mass is 9.85. The quantitative estimate of drug-likeness (QED) is 0.904. The predicted molar refractivity (Wildman–Crippen MR) is 94.4 cm³/mol. The highest BCUT2D eigenvalue weighted by Crippen LogP contribution is 2.37. The summed E-state index contributed by atoms with van der Waals surface area (Å²) in [6, 6.07) is 8.30. The first-order valence-corrected chi connectivity index (χ1v) is 9.10. The van der Waals surface area contributed by atoms with E-state index in [-0.39, 0.29) is 12.1 Å². The van der Waals surface area contributed by atoms with E-state index in [4.69, 9.17) is 4.74 Å². The molecule has 1 aliphatic carbocycles. The van der Waals surface area contributed by atoms with Crippen molar-refractivity contribution in [1.82, 2.24) is 19.7 Å². The molecule has 2 fully saturated rings. The lowest BCUT2D eigenvalue weighted by Crippen LogP contribution is -2.26. The van der Waals surface area contributed by atoms with Crippen molar-refractivity contribution in [1.29, 1.82) is 0 Å². The van der Waals surface area contributed by atoms with Gasteiger partial charge >= 0.3 is 0 Å². The average Bonchev–Trinajstić information content (AvgIpc) is 3.11. The molecule has 1 aliphatic heterocycles. The van der Waals surface area contributed by atoms with Gasteiger partial charge in [0.05, 0.1) is 19.8 Å². The SMILES string of the molecule is COc1cccc([C@H]2C[C@H](O)CN2Cc2nnc(C3CCC3)n2C)c1. The molecule has 25 heavy (non-hydrogen) atoms. The van der Waals surface area contributed by atoms with Crippen LogP contribution < -0.4 is 4.74 Å². The fourth-order valence-electron chi connectivity index (χ4n) is 3.97. The molecular weight excluding hydrogens is 316 g/mol. The van der Waals surface area contributed by atoms with Crippen LogP contribution in [0.4, 0.5) is 0 Å². The summed E-state index contributed by atoms with van der Waals surface area (Å²) >= 11 is 0. The number of aliphatic hydroxyl groups excluding tert-OH is 1. The Labute approximate surface area is 148 Å². The van der Waals surface area contributed by atoms with E-state index in [1.807, 2.05) is 12.1 Å². The number of hydrogen-bond acceptors (Lipinski definition) is 5. The van der Waals surface area contributed by atoms with Crippen LogP contribution in [-0.2, 0) is 13.6 Å². The molecule has 2 aromatic rings. The summed E-state index contributed by atoms with van der Waals surface area (Å²) < 4.78 is 7.50. The van der Waals surface area contributed by atoms with Gasteiger partial charge in [0.25, 0.3) is 0 Å². The summed E-state index contributed by atoms with van der Waals surface area (Å²) in [6.45, 7) is 1.36. The lowest BCUT2D eigenvalue weighted by Gasteiger charge is -2.26. The molecule has 6 nitrogen and oxygen atoms in total. The maximum absolute atomic E-state index is 10.2. The summed E-state index contributed by atoms with van der Waals surface area (Å²) in [5.41, 5.74) is 1.18. The number of β-amino-alcohol motifs (C(OH)–C–C–N with tert-alkyl or cyclic N) is 1. The highest BCUT2D eigenvalue weighted by Gasteiger charge is 2.34. The number of likely N-dealkylation sites (tertiary alicyclic amines) is 1. The molecule has 4 rings (SSSR count). The normalized spacial score (nSPS) is 24.4. The number of benzene rings is 1. The molecule has 0 unspecified atom stereocenters. The standard InChI is InChI=1S/C19H26N4O2/c1-22-18(20-21-19(22)13-5-3-6-13)12-23-11-15(24)10-17(23)14-7-4-8-16(9-14)25-2/h4,7-9,13,15,17,24H,3,5-6,10-12H2,1-2H3/t15-,17+/m0/s1. The van der Waals surface area contributed by atoms with E-state index in [0.29, 0.717) is 19.0 Å². The monoisotopic (exact) mass is 342 g/mol. The van der Waals surface area contributed by atoms with Gasteiger partial charge in [-0.2, -0.15) is 0 Å². The number of rotatable bonds is 5. The molecule has 2 atom stereocenters. The minimum Gasteiger partial charge on any atom is -0.497 e. The zero-order chi connectivity index (χ0) is 17.4. The van der Waals surface area contributed by atoms with Gasteiger partial charge < -0.3 is 14.4 Å². The fourth-order valence-corrected chi connectivity index (χ4v) is 3.97. The van der Waals surface area contributed by atoms with E-state index < -0.39 is 0 Å². The molecule has 1 N–H and O–H groups in total. The Morgan fingerprint density at radius 1 is 1.28 bits per heavy atom. The van der Waals surface area contributed by atoms with Gasteiger partial charge in [-0.1, -0.05) is 18.6 Å². The molecule has 134 valence electrons. The molecular formula is C19H26N4O2. The number of methoxy groups -OCH3 is 1.